The van der Waals surface area contributed by atoms with Crippen LogP contribution in [0.1, 0.15) is 58.5 Å². The van der Waals surface area contributed by atoms with Gasteiger partial charge in [0.2, 0.25) is 5.95 Å². The molecule has 1 aliphatic heterocycles. The van der Waals surface area contributed by atoms with Gasteiger partial charge in [-0.25, -0.2) is 14.8 Å². The number of carboxylic acid groups (broad SMARTS) is 1. The Morgan fingerprint density at radius 3 is 2.48 bits per heavy atom. The molecular weight excluding hydrogens is 454 g/mol. The van der Waals surface area contributed by atoms with Crippen LogP contribution in [-0.2, 0) is 19.3 Å². The molecule has 4 rings (SSSR count). The molecule has 5 nitrogen and oxygen atoms in total. The average Bonchev–Trinajstić information content (AvgIpc) is 3.28. The smallest absolute Gasteiger partial charge is 0.339 e. The number of aryl methyl sites for hydroxylation is 3. The monoisotopic (exact) mass is 479 g/mol. The maximum absolute atomic E-state index is 11.8. The SMILES string of the molecule is CCc1ccc(CCc2nc(N3CCC[C@H]3c3ccc(Br)cc3)ncc2C(=O)O)cc1. The molecule has 0 radical (unpaired) electrons. The number of anilines is 1. The fourth-order valence-electron chi connectivity index (χ4n) is 4.16. The summed E-state index contributed by atoms with van der Waals surface area (Å²) in [4.78, 5) is 23.2. The topological polar surface area (TPSA) is 66.3 Å². The third kappa shape index (κ3) is 4.96. The third-order valence-corrected chi connectivity index (χ3v) is 6.46. The highest BCUT2D eigenvalue weighted by Gasteiger charge is 2.29. The standard InChI is InChI=1S/C25H26BrN3O2/c1-2-17-5-7-18(8-6-17)9-14-22-21(24(30)31)16-27-25(28-22)29-15-3-4-23(29)19-10-12-20(26)13-11-19/h5-8,10-13,16,23H,2-4,9,14-15H2,1H3,(H,30,31)/t23-/m0/s1. The van der Waals surface area contributed by atoms with Gasteiger partial charge in [-0.3, -0.25) is 0 Å². The molecule has 31 heavy (non-hydrogen) atoms. The number of halogens is 1. The van der Waals surface area contributed by atoms with Gasteiger partial charge < -0.3 is 10.0 Å². The van der Waals surface area contributed by atoms with Crippen LogP contribution in [-0.4, -0.2) is 27.6 Å². The van der Waals surface area contributed by atoms with Crippen LogP contribution < -0.4 is 4.90 Å². The molecule has 0 aliphatic carbocycles. The van der Waals surface area contributed by atoms with Crippen LogP contribution in [0, 0.1) is 0 Å². The number of aromatic nitrogens is 2. The van der Waals surface area contributed by atoms with Gasteiger partial charge in [0.1, 0.15) is 0 Å². The molecule has 1 fully saturated rings. The second kappa shape index (κ2) is 9.60. The van der Waals surface area contributed by atoms with Gasteiger partial charge in [-0.05, 0) is 60.9 Å². The molecule has 0 spiro atoms. The summed E-state index contributed by atoms with van der Waals surface area (Å²) in [5, 5.41) is 9.65. The summed E-state index contributed by atoms with van der Waals surface area (Å²) in [7, 11) is 0. The van der Waals surface area contributed by atoms with E-state index in [4.69, 9.17) is 4.98 Å². The normalized spacial score (nSPS) is 15.9. The highest BCUT2D eigenvalue weighted by Crippen LogP contribution is 2.35. The van der Waals surface area contributed by atoms with Crippen LogP contribution in [0.4, 0.5) is 5.95 Å². The number of rotatable bonds is 7. The molecule has 1 atom stereocenters. The van der Waals surface area contributed by atoms with E-state index in [-0.39, 0.29) is 11.6 Å². The zero-order valence-corrected chi connectivity index (χ0v) is 19.2. The first-order valence-electron chi connectivity index (χ1n) is 10.7. The minimum atomic E-state index is -0.978. The molecule has 0 unspecified atom stereocenters. The van der Waals surface area contributed by atoms with Gasteiger partial charge in [-0.15, -0.1) is 0 Å². The Balaban J connectivity index is 1.58. The van der Waals surface area contributed by atoms with Crippen LogP contribution in [0.2, 0.25) is 0 Å². The molecule has 6 heteroatoms. The predicted octanol–water partition coefficient (Wildman–Crippen LogP) is 5.63. The van der Waals surface area contributed by atoms with E-state index in [0.717, 1.165) is 36.7 Å². The number of carboxylic acids is 1. The highest BCUT2D eigenvalue weighted by molar-refractivity contribution is 9.10. The summed E-state index contributed by atoms with van der Waals surface area (Å²) in [6.45, 7) is 3.00. The van der Waals surface area contributed by atoms with Gasteiger partial charge >= 0.3 is 5.97 Å². The van der Waals surface area contributed by atoms with Crippen molar-refractivity contribution < 1.29 is 9.90 Å². The van der Waals surface area contributed by atoms with Crippen LogP contribution in [0.3, 0.4) is 0 Å². The van der Waals surface area contributed by atoms with Crippen LogP contribution in [0.25, 0.3) is 0 Å². The van der Waals surface area contributed by atoms with Crippen molar-refractivity contribution in [2.75, 3.05) is 11.4 Å². The summed E-state index contributed by atoms with van der Waals surface area (Å²) in [6, 6.07) is 17.1. The summed E-state index contributed by atoms with van der Waals surface area (Å²) in [6.07, 6.45) is 5.89. The Morgan fingerprint density at radius 2 is 1.81 bits per heavy atom. The molecule has 2 heterocycles. The van der Waals surface area contributed by atoms with Crippen molar-refractivity contribution in [2.24, 2.45) is 0 Å². The molecule has 1 aliphatic rings. The second-order valence-corrected chi connectivity index (χ2v) is 8.82. The number of aromatic carboxylic acids is 1. The Morgan fingerprint density at radius 1 is 1.10 bits per heavy atom. The van der Waals surface area contributed by atoms with E-state index in [1.807, 2.05) is 0 Å². The minimum absolute atomic E-state index is 0.188. The second-order valence-electron chi connectivity index (χ2n) is 7.91. The first-order chi connectivity index (χ1) is 15.0. The zero-order chi connectivity index (χ0) is 21.8. The summed E-state index contributed by atoms with van der Waals surface area (Å²) >= 11 is 3.50. The Kier molecular flexibility index (Phi) is 6.66. The van der Waals surface area contributed by atoms with Crippen molar-refractivity contribution in [3.05, 3.63) is 87.1 Å². The van der Waals surface area contributed by atoms with Crippen molar-refractivity contribution in [3.63, 3.8) is 0 Å². The Labute approximate surface area is 191 Å². The number of benzene rings is 2. The summed E-state index contributed by atoms with van der Waals surface area (Å²) in [5.74, 6) is -0.361. The van der Waals surface area contributed by atoms with E-state index in [1.54, 1.807) is 0 Å². The van der Waals surface area contributed by atoms with Gasteiger partial charge in [0.15, 0.2) is 0 Å². The molecule has 1 N–H and O–H groups in total. The highest BCUT2D eigenvalue weighted by atomic mass is 79.9. The maximum Gasteiger partial charge on any atom is 0.339 e. The summed E-state index contributed by atoms with van der Waals surface area (Å²) in [5.41, 5.74) is 4.49. The van der Waals surface area contributed by atoms with Crippen molar-refractivity contribution >= 4 is 27.8 Å². The van der Waals surface area contributed by atoms with Crippen molar-refractivity contribution in [1.82, 2.24) is 9.97 Å². The molecule has 1 saturated heterocycles. The van der Waals surface area contributed by atoms with Crippen molar-refractivity contribution in [1.29, 1.82) is 0 Å². The van der Waals surface area contributed by atoms with Crippen LogP contribution in [0.15, 0.2) is 59.2 Å². The van der Waals surface area contributed by atoms with E-state index < -0.39 is 5.97 Å². The zero-order valence-electron chi connectivity index (χ0n) is 17.6. The minimum Gasteiger partial charge on any atom is -0.478 e. The molecule has 2 aromatic carbocycles. The fourth-order valence-corrected chi connectivity index (χ4v) is 4.42. The van der Waals surface area contributed by atoms with E-state index >= 15 is 0 Å². The van der Waals surface area contributed by atoms with Crippen LogP contribution in [0.5, 0.6) is 0 Å². The number of carbonyl (C=O) groups is 1. The largest absolute Gasteiger partial charge is 0.478 e. The first-order valence-corrected chi connectivity index (χ1v) is 11.5. The third-order valence-electron chi connectivity index (χ3n) is 5.93. The predicted molar refractivity (Wildman–Crippen MR) is 126 cm³/mol. The van der Waals surface area contributed by atoms with Gasteiger partial charge in [0.05, 0.1) is 17.3 Å². The lowest BCUT2D eigenvalue weighted by Gasteiger charge is -2.25. The number of hydrogen-bond acceptors (Lipinski definition) is 4. The molecule has 1 aromatic heterocycles. The van der Waals surface area contributed by atoms with Crippen molar-refractivity contribution in [2.45, 2.75) is 45.1 Å². The maximum atomic E-state index is 11.8. The molecule has 0 amide bonds. The van der Waals surface area contributed by atoms with E-state index in [9.17, 15) is 9.90 Å². The van der Waals surface area contributed by atoms with Crippen LogP contribution >= 0.6 is 15.9 Å². The van der Waals surface area contributed by atoms with Gasteiger partial charge in [-0.1, -0.05) is 59.3 Å². The molecule has 3 aromatic rings. The fraction of sp³-hybridized carbons (Fsp3) is 0.320. The van der Waals surface area contributed by atoms with E-state index in [2.05, 4.69) is 81.3 Å². The number of hydrogen-bond donors (Lipinski definition) is 1. The van der Waals surface area contributed by atoms with Gasteiger partial charge in [0, 0.05) is 17.2 Å². The lowest BCUT2D eigenvalue weighted by atomic mass is 10.0. The Bertz CT molecular complexity index is 1050. The van der Waals surface area contributed by atoms with E-state index in [0.29, 0.717) is 18.1 Å². The molecule has 0 saturated carbocycles. The first kappa shape index (κ1) is 21.5. The molecule has 160 valence electrons. The summed E-state index contributed by atoms with van der Waals surface area (Å²) < 4.78 is 1.05. The molecular formula is C25H26BrN3O2. The van der Waals surface area contributed by atoms with Gasteiger partial charge in [0.25, 0.3) is 0 Å². The quantitative estimate of drug-likeness (QED) is 0.475. The Hall–Kier alpha value is -2.73. The van der Waals surface area contributed by atoms with Gasteiger partial charge in [-0.2, -0.15) is 0 Å². The van der Waals surface area contributed by atoms with E-state index in [1.165, 1.54) is 22.9 Å². The lowest BCUT2D eigenvalue weighted by molar-refractivity contribution is 0.0694. The molecule has 0 bridgehead atoms. The lowest BCUT2D eigenvalue weighted by Crippen LogP contribution is -2.25. The average molecular weight is 480 g/mol. The van der Waals surface area contributed by atoms with Crippen molar-refractivity contribution in [3.8, 4) is 0 Å². The number of nitrogens with zero attached hydrogens (tertiary/aromatic N) is 3.